The lowest BCUT2D eigenvalue weighted by Gasteiger charge is -2.27. The van der Waals surface area contributed by atoms with Gasteiger partial charge in [-0.05, 0) is 54.1 Å². The van der Waals surface area contributed by atoms with E-state index in [4.69, 9.17) is 16.7 Å². The predicted molar refractivity (Wildman–Crippen MR) is 87.3 cm³/mol. The number of benzene rings is 1. The van der Waals surface area contributed by atoms with E-state index >= 15 is 0 Å². The fourth-order valence-electron chi connectivity index (χ4n) is 1.57. The number of rotatable bonds is 5. The van der Waals surface area contributed by atoms with Crippen molar-refractivity contribution in [2.75, 3.05) is 11.9 Å². The molecule has 2 amide bonds. The first-order valence-electron chi connectivity index (χ1n) is 6.09. The van der Waals surface area contributed by atoms with Gasteiger partial charge in [0.15, 0.2) is 0 Å². The minimum absolute atomic E-state index is 0.156. The van der Waals surface area contributed by atoms with E-state index in [2.05, 4.69) is 27.9 Å². The second-order valence-electron chi connectivity index (χ2n) is 4.33. The molecule has 110 valence electrons. The van der Waals surface area contributed by atoms with Crippen LogP contribution < -0.4 is 5.32 Å². The number of hydrogen-bond donors (Lipinski definition) is 2. The topological polar surface area (TPSA) is 69.6 Å². The molecule has 0 saturated heterocycles. The number of urea groups is 1. The van der Waals surface area contributed by atoms with Crippen LogP contribution >= 0.6 is 34.2 Å². The van der Waals surface area contributed by atoms with E-state index in [0.29, 0.717) is 17.1 Å². The highest BCUT2D eigenvalue weighted by molar-refractivity contribution is 14.1. The Morgan fingerprint density at radius 2 is 2.15 bits per heavy atom. The normalized spacial score (nSPS) is 11.8. The molecular formula is C13H16ClIN2O3. The van der Waals surface area contributed by atoms with Crippen LogP contribution in [-0.2, 0) is 4.79 Å². The number of nitrogens with one attached hydrogen (secondary N) is 1. The molecule has 0 fully saturated rings. The van der Waals surface area contributed by atoms with Crippen molar-refractivity contribution in [1.29, 1.82) is 0 Å². The maximum atomic E-state index is 12.2. The summed E-state index contributed by atoms with van der Waals surface area (Å²) in [5, 5.41) is 12.2. The maximum absolute atomic E-state index is 12.2. The smallest absolute Gasteiger partial charge is 0.323 e. The van der Waals surface area contributed by atoms with Gasteiger partial charge >= 0.3 is 12.0 Å². The van der Waals surface area contributed by atoms with E-state index in [0.717, 1.165) is 3.57 Å². The van der Waals surface area contributed by atoms with Gasteiger partial charge in [-0.1, -0.05) is 18.5 Å². The highest BCUT2D eigenvalue weighted by Gasteiger charge is 2.22. The zero-order valence-corrected chi connectivity index (χ0v) is 14.1. The van der Waals surface area contributed by atoms with Gasteiger partial charge in [0.25, 0.3) is 0 Å². The SMILES string of the molecule is CCC(C)N(CC(=O)O)C(=O)Nc1ccc(Cl)cc1I. The van der Waals surface area contributed by atoms with Gasteiger partial charge in [-0.15, -0.1) is 0 Å². The largest absolute Gasteiger partial charge is 0.480 e. The number of carbonyl (C=O) groups is 2. The molecule has 0 aliphatic carbocycles. The molecule has 1 rings (SSSR count). The monoisotopic (exact) mass is 410 g/mol. The van der Waals surface area contributed by atoms with E-state index in [9.17, 15) is 9.59 Å². The van der Waals surface area contributed by atoms with E-state index < -0.39 is 12.0 Å². The van der Waals surface area contributed by atoms with Crippen LogP contribution in [0.25, 0.3) is 0 Å². The van der Waals surface area contributed by atoms with Crippen molar-refractivity contribution in [3.05, 3.63) is 26.8 Å². The molecule has 7 heteroatoms. The summed E-state index contributed by atoms with van der Waals surface area (Å²) >= 11 is 7.91. The Bertz CT molecular complexity index is 510. The second kappa shape index (κ2) is 7.68. The van der Waals surface area contributed by atoms with Crippen LogP contribution in [0.3, 0.4) is 0 Å². The summed E-state index contributed by atoms with van der Waals surface area (Å²) < 4.78 is 0.794. The lowest BCUT2D eigenvalue weighted by Crippen LogP contribution is -2.44. The third-order valence-corrected chi connectivity index (χ3v) is 3.99. The Labute approximate surface area is 136 Å². The van der Waals surface area contributed by atoms with Gasteiger partial charge in [0.2, 0.25) is 0 Å². The van der Waals surface area contributed by atoms with Crippen LogP contribution in [0.5, 0.6) is 0 Å². The van der Waals surface area contributed by atoms with Crippen LogP contribution in [0.2, 0.25) is 5.02 Å². The van der Waals surface area contributed by atoms with Crippen LogP contribution in [0, 0.1) is 3.57 Å². The van der Waals surface area contributed by atoms with Crippen molar-refractivity contribution in [2.24, 2.45) is 0 Å². The second-order valence-corrected chi connectivity index (χ2v) is 5.93. The summed E-state index contributed by atoms with van der Waals surface area (Å²) in [5.74, 6) is -1.04. The Morgan fingerprint density at radius 1 is 1.50 bits per heavy atom. The number of halogens is 2. The minimum atomic E-state index is -1.04. The number of aliphatic carboxylic acids is 1. The molecule has 5 nitrogen and oxygen atoms in total. The van der Waals surface area contributed by atoms with Gasteiger partial charge in [-0.2, -0.15) is 0 Å². The Morgan fingerprint density at radius 3 is 2.65 bits per heavy atom. The molecule has 0 spiro atoms. The first-order valence-corrected chi connectivity index (χ1v) is 7.55. The molecule has 0 bridgehead atoms. The van der Waals surface area contributed by atoms with Crippen molar-refractivity contribution in [1.82, 2.24) is 4.90 Å². The van der Waals surface area contributed by atoms with Crippen molar-refractivity contribution in [2.45, 2.75) is 26.3 Å². The van der Waals surface area contributed by atoms with Crippen molar-refractivity contribution >= 4 is 51.9 Å². The van der Waals surface area contributed by atoms with Gasteiger partial charge in [-0.3, -0.25) is 4.79 Å². The highest BCUT2D eigenvalue weighted by Crippen LogP contribution is 2.22. The Hall–Kier alpha value is -1.02. The van der Waals surface area contributed by atoms with Gasteiger partial charge in [0, 0.05) is 14.6 Å². The van der Waals surface area contributed by atoms with Gasteiger partial charge < -0.3 is 15.3 Å². The number of amides is 2. The zero-order chi connectivity index (χ0) is 15.3. The predicted octanol–water partition coefficient (Wildman–Crippen LogP) is 3.66. The number of hydrogen-bond acceptors (Lipinski definition) is 2. The minimum Gasteiger partial charge on any atom is -0.480 e. The molecule has 0 aromatic heterocycles. The zero-order valence-electron chi connectivity index (χ0n) is 11.2. The van der Waals surface area contributed by atoms with Gasteiger partial charge in [0.1, 0.15) is 6.54 Å². The average Bonchev–Trinajstić information content (AvgIpc) is 2.38. The molecule has 0 aliphatic rings. The summed E-state index contributed by atoms with van der Waals surface area (Å²) in [6.07, 6.45) is 0.679. The number of carbonyl (C=O) groups excluding carboxylic acids is 1. The quantitative estimate of drug-likeness (QED) is 0.728. The molecule has 2 N–H and O–H groups in total. The fourth-order valence-corrected chi connectivity index (χ4v) is 2.58. The molecule has 0 aliphatic heterocycles. The van der Waals surface area contributed by atoms with E-state index in [1.54, 1.807) is 18.2 Å². The molecule has 1 unspecified atom stereocenters. The first-order chi connectivity index (χ1) is 9.35. The summed E-state index contributed by atoms with van der Waals surface area (Å²) in [6, 6.07) is 4.50. The summed E-state index contributed by atoms with van der Waals surface area (Å²) in [7, 11) is 0. The molecule has 1 aromatic carbocycles. The highest BCUT2D eigenvalue weighted by atomic mass is 127. The molecule has 0 radical (unpaired) electrons. The first kappa shape index (κ1) is 17.0. The van der Waals surface area contributed by atoms with Crippen LogP contribution in [0.15, 0.2) is 18.2 Å². The molecule has 0 saturated carbocycles. The summed E-state index contributed by atoms with van der Waals surface area (Å²) in [6.45, 7) is 3.39. The lowest BCUT2D eigenvalue weighted by atomic mass is 10.2. The van der Waals surface area contributed by atoms with E-state index in [-0.39, 0.29) is 12.6 Å². The maximum Gasteiger partial charge on any atom is 0.323 e. The van der Waals surface area contributed by atoms with Crippen molar-refractivity contribution < 1.29 is 14.7 Å². The molecular weight excluding hydrogens is 395 g/mol. The summed E-state index contributed by atoms with van der Waals surface area (Å²) in [4.78, 5) is 24.4. The van der Waals surface area contributed by atoms with Crippen molar-refractivity contribution in [3.8, 4) is 0 Å². The number of nitrogens with zero attached hydrogens (tertiary/aromatic N) is 1. The third-order valence-electron chi connectivity index (χ3n) is 2.86. The number of carboxylic acids is 1. The Balaban J connectivity index is 2.87. The molecule has 1 atom stereocenters. The van der Waals surface area contributed by atoms with Crippen LogP contribution in [-0.4, -0.2) is 34.6 Å². The van der Waals surface area contributed by atoms with Crippen LogP contribution in [0.4, 0.5) is 10.5 Å². The summed E-state index contributed by atoms with van der Waals surface area (Å²) in [5.41, 5.74) is 0.610. The number of anilines is 1. The van der Waals surface area contributed by atoms with Gasteiger partial charge in [-0.25, -0.2) is 4.79 Å². The molecule has 0 heterocycles. The molecule has 1 aromatic rings. The average molecular weight is 411 g/mol. The van der Waals surface area contributed by atoms with Crippen molar-refractivity contribution in [3.63, 3.8) is 0 Å². The molecule has 20 heavy (non-hydrogen) atoms. The van der Waals surface area contributed by atoms with E-state index in [1.165, 1.54) is 4.90 Å². The lowest BCUT2D eigenvalue weighted by molar-refractivity contribution is -0.138. The fraction of sp³-hybridized carbons (Fsp3) is 0.385. The van der Waals surface area contributed by atoms with Crippen LogP contribution in [0.1, 0.15) is 20.3 Å². The van der Waals surface area contributed by atoms with Gasteiger partial charge in [0.05, 0.1) is 5.69 Å². The van der Waals surface area contributed by atoms with E-state index in [1.807, 2.05) is 13.8 Å². The standard InChI is InChI=1S/C13H16ClIN2O3/c1-3-8(2)17(7-12(18)19)13(20)16-11-5-4-9(14)6-10(11)15/h4-6,8H,3,7H2,1-2H3,(H,16,20)(H,18,19). The number of carboxylic acid groups (broad SMARTS) is 1. The third kappa shape index (κ3) is 4.82. The Kier molecular flexibility index (Phi) is 6.54.